The number of nitrogens with zero attached hydrogens (tertiary/aromatic N) is 1. The second-order valence-electron chi connectivity index (χ2n) is 5.98. The molecule has 0 unspecified atom stereocenters. The number of hydrogen-bond acceptors (Lipinski definition) is 2. The Labute approximate surface area is 125 Å². The van der Waals surface area contributed by atoms with Crippen LogP contribution in [0.3, 0.4) is 0 Å². The molecule has 1 aromatic heterocycles. The fourth-order valence-corrected chi connectivity index (χ4v) is 3.20. The summed E-state index contributed by atoms with van der Waals surface area (Å²) in [6, 6.07) is 0.245. The number of aromatic carboxylic acids is 1. The molecule has 2 rings (SSSR count). The quantitative estimate of drug-likeness (QED) is 0.837. The summed E-state index contributed by atoms with van der Waals surface area (Å²) < 4.78 is 1.74. The number of carbonyl (C=O) groups is 2. The fourth-order valence-electron chi connectivity index (χ4n) is 3.20. The highest BCUT2D eigenvalue weighted by Crippen LogP contribution is 2.19. The Balaban J connectivity index is 2.04. The first-order valence-corrected chi connectivity index (χ1v) is 7.66. The fraction of sp³-hybridized carbons (Fsp3) is 0.625. The van der Waals surface area contributed by atoms with Crippen LogP contribution in [0, 0.1) is 6.92 Å². The minimum Gasteiger partial charge on any atom is -0.478 e. The molecule has 1 amide bonds. The predicted octanol–water partition coefficient (Wildman–Crippen LogP) is 2.41. The maximum absolute atomic E-state index is 12.2. The standard InChI is InChI=1S/C16H24N2O3/c1-11-10-18(2)13(15(11)16(20)21)9-14(19)17-12-7-5-3-4-6-8-12/h10,12H,3-9H2,1-2H3,(H,17,19)(H,20,21). The van der Waals surface area contributed by atoms with Crippen LogP contribution in [-0.2, 0) is 18.3 Å². The van der Waals surface area contributed by atoms with E-state index in [0.717, 1.165) is 25.7 Å². The average molecular weight is 292 g/mol. The smallest absolute Gasteiger partial charge is 0.337 e. The highest BCUT2D eigenvalue weighted by atomic mass is 16.4. The van der Waals surface area contributed by atoms with Crippen LogP contribution in [0.25, 0.3) is 0 Å². The van der Waals surface area contributed by atoms with Gasteiger partial charge in [-0.25, -0.2) is 4.79 Å². The number of rotatable bonds is 4. The topological polar surface area (TPSA) is 71.3 Å². The van der Waals surface area contributed by atoms with E-state index < -0.39 is 5.97 Å². The molecule has 5 heteroatoms. The van der Waals surface area contributed by atoms with Gasteiger partial charge in [-0.05, 0) is 25.3 Å². The average Bonchev–Trinajstić information content (AvgIpc) is 2.58. The van der Waals surface area contributed by atoms with E-state index in [2.05, 4.69) is 5.32 Å². The molecule has 1 heterocycles. The molecule has 1 fully saturated rings. The van der Waals surface area contributed by atoms with E-state index in [4.69, 9.17) is 0 Å². The normalized spacial score (nSPS) is 16.5. The summed E-state index contributed by atoms with van der Waals surface area (Å²) in [6.45, 7) is 1.76. The van der Waals surface area contributed by atoms with Gasteiger partial charge in [-0.2, -0.15) is 0 Å². The van der Waals surface area contributed by atoms with Gasteiger partial charge in [0, 0.05) is 25.0 Å². The van der Waals surface area contributed by atoms with Crippen LogP contribution < -0.4 is 5.32 Å². The van der Waals surface area contributed by atoms with Gasteiger partial charge in [0.1, 0.15) is 0 Å². The van der Waals surface area contributed by atoms with E-state index in [0.29, 0.717) is 11.3 Å². The van der Waals surface area contributed by atoms with Crippen LogP contribution in [0.5, 0.6) is 0 Å². The second-order valence-corrected chi connectivity index (χ2v) is 5.98. The number of hydrogen-bond donors (Lipinski definition) is 2. The maximum Gasteiger partial charge on any atom is 0.337 e. The van der Waals surface area contributed by atoms with Gasteiger partial charge < -0.3 is 15.0 Å². The zero-order valence-corrected chi connectivity index (χ0v) is 12.8. The third-order valence-electron chi connectivity index (χ3n) is 4.26. The summed E-state index contributed by atoms with van der Waals surface area (Å²) in [7, 11) is 1.79. The van der Waals surface area contributed by atoms with E-state index in [9.17, 15) is 14.7 Å². The highest BCUT2D eigenvalue weighted by Gasteiger charge is 2.21. The summed E-state index contributed by atoms with van der Waals surface area (Å²) in [5, 5.41) is 12.4. The van der Waals surface area contributed by atoms with Crippen LogP contribution in [-0.4, -0.2) is 27.6 Å². The van der Waals surface area contributed by atoms with Crippen molar-refractivity contribution in [3.05, 3.63) is 23.0 Å². The Morgan fingerprint density at radius 1 is 1.29 bits per heavy atom. The highest BCUT2D eigenvalue weighted by molar-refractivity contribution is 5.93. The van der Waals surface area contributed by atoms with Gasteiger partial charge in [0.25, 0.3) is 0 Å². The molecule has 2 N–H and O–H groups in total. The van der Waals surface area contributed by atoms with Crippen molar-refractivity contribution in [2.45, 2.75) is 57.9 Å². The minimum atomic E-state index is -0.967. The van der Waals surface area contributed by atoms with Crippen molar-refractivity contribution in [2.75, 3.05) is 0 Å². The molecule has 0 bridgehead atoms. The third-order valence-corrected chi connectivity index (χ3v) is 4.26. The summed E-state index contributed by atoms with van der Waals surface area (Å²) in [6.07, 6.45) is 8.76. The van der Waals surface area contributed by atoms with Gasteiger partial charge in [0.15, 0.2) is 0 Å². The van der Waals surface area contributed by atoms with Crippen molar-refractivity contribution in [2.24, 2.45) is 7.05 Å². The van der Waals surface area contributed by atoms with E-state index in [1.54, 1.807) is 24.7 Å². The van der Waals surface area contributed by atoms with Gasteiger partial charge in [0.2, 0.25) is 5.91 Å². The molecule has 0 radical (unpaired) electrons. The predicted molar refractivity (Wildman–Crippen MR) is 80.4 cm³/mol. The zero-order chi connectivity index (χ0) is 15.4. The van der Waals surface area contributed by atoms with Crippen LogP contribution in [0.1, 0.15) is 60.1 Å². The van der Waals surface area contributed by atoms with E-state index in [1.165, 1.54) is 12.8 Å². The molecule has 0 aromatic carbocycles. The van der Waals surface area contributed by atoms with Gasteiger partial charge in [-0.1, -0.05) is 25.7 Å². The molecule has 5 nitrogen and oxygen atoms in total. The molecule has 1 aliphatic carbocycles. The number of aromatic nitrogens is 1. The number of amides is 1. The number of carboxylic acid groups (broad SMARTS) is 1. The lowest BCUT2D eigenvalue weighted by Crippen LogP contribution is -2.36. The molecular weight excluding hydrogens is 268 g/mol. The SMILES string of the molecule is Cc1cn(C)c(CC(=O)NC2CCCCCC2)c1C(=O)O. The summed E-state index contributed by atoms with van der Waals surface area (Å²) >= 11 is 0. The van der Waals surface area contributed by atoms with E-state index in [-0.39, 0.29) is 23.9 Å². The maximum atomic E-state index is 12.2. The van der Waals surface area contributed by atoms with E-state index in [1.807, 2.05) is 0 Å². The molecule has 0 atom stereocenters. The Morgan fingerprint density at radius 2 is 1.90 bits per heavy atom. The first-order chi connectivity index (χ1) is 9.99. The number of nitrogens with one attached hydrogen (secondary N) is 1. The van der Waals surface area contributed by atoms with Crippen molar-refractivity contribution >= 4 is 11.9 Å². The van der Waals surface area contributed by atoms with Crippen molar-refractivity contribution in [1.29, 1.82) is 0 Å². The minimum absolute atomic E-state index is 0.0781. The summed E-state index contributed by atoms with van der Waals surface area (Å²) in [4.78, 5) is 23.5. The molecule has 21 heavy (non-hydrogen) atoms. The Morgan fingerprint density at radius 3 is 2.48 bits per heavy atom. The molecule has 0 aliphatic heterocycles. The summed E-state index contributed by atoms with van der Waals surface area (Å²) in [5.74, 6) is -1.05. The number of carboxylic acids is 1. The monoisotopic (exact) mass is 292 g/mol. The molecule has 0 spiro atoms. The van der Waals surface area contributed by atoms with Crippen molar-refractivity contribution < 1.29 is 14.7 Å². The van der Waals surface area contributed by atoms with Crippen molar-refractivity contribution in [3.63, 3.8) is 0 Å². The molecule has 0 saturated heterocycles. The first-order valence-electron chi connectivity index (χ1n) is 7.66. The van der Waals surface area contributed by atoms with Crippen LogP contribution in [0.4, 0.5) is 0 Å². The largest absolute Gasteiger partial charge is 0.478 e. The zero-order valence-electron chi connectivity index (χ0n) is 12.8. The van der Waals surface area contributed by atoms with Gasteiger partial charge in [0.05, 0.1) is 12.0 Å². The third kappa shape index (κ3) is 3.86. The van der Waals surface area contributed by atoms with E-state index >= 15 is 0 Å². The Kier molecular flexibility index (Phi) is 5.04. The molecule has 1 saturated carbocycles. The van der Waals surface area contributed by atoms with Gasteiger partial charge >= 0.3 is 5.97 Å². The molecular formula is C16H24N2O3. The molecule has 1 aliphatic rings. The van der Waals surface area contributed by atoms with Crippen LogP contribution in [0.2, 0.25) is 0 Å². The lowest BCUT2D eigenvalue weighted by molar-refractivity contribution is -0.121. The van der Waals surface area contributed by atoms with Crippen molar-refractivity contribution in [3.8, 4) is 0 Å². The number of aryl methyl sites for hydroxylation is 2. The molecule has 116 valence electrons. The molecule has 1 aromatic rings. The first kappa shape index (κ1) is 15.6. The lowest BCUT2D eigenvalue weighted by atomic mass is 10.1. The Bertz CT molecular complexity index is 526. The number of carbonyl (C=O) groups excluding carboxylic acids is 1. The van der Waals surface area contributed by atoms with Gasteiger partial charge in [-0.15, -0.1) is 0 Å². The van der Waals surface area contributed by atoms with Crippen molar-refractivity contribution in [1.82, 2.24) is 9.88 Å². The van der Waals surface area contributed by atoms with Crippen LogP contribution in [0.15, 0.2) is 6.20 Å². The van der Waals surface area contributed by atoms with Crippen LogP contribution >= 0.6 is 0 Å². The second kappa shape index (κ2) is 6.78. The van der Waals surface area contributed by atoms with Gasteiger partial charge in [-0.3, -0.25) is 4.79 Å². The summed E-state index contributed by atoms with van der Waals surface area (Å²) in [5.41, 5.74) is 1.53. The Hall–Kier alpha value is -1.78. The lowest BCUT2D eigenvalue weighted by Gasteiger charge is -2.16.